The van der Waals surface area contributed by atoms with Gasteiger partial charge in [0, 0.05) is 5.71 Å². The smallest absolute Gasteiger partial charge is 0.118 e. The summed E-state index contributed by atoms with van der Waals surface area (Å²) < 4.78 is 5.17. The third kappa shape index (κ3) is 1.36. The van der Waals surface area contributed by atoms with Crippen LogP contribution in [0.2, 0.25) is 0 Å². The Kier molecular flexibility index (Phi) is 2.06. The number of rotatable bonds is 2. The molecule has 0 radical (unpaired) electrons. The topological polar surface area (TPSA) is 21.6 Å². The van der Waals surface area contributed by atoms with Crippen molar-refractivity contribution < 1.29 is 4.74 Å². The van der Waals surface area contributed by atoms with Crippen molar-refractivity contribution in [2.24, 2.45) is 10.9 Å². The van der Waals surface area contributed by atoms with Gasteiger partial charge < -0.3 is 4.74 Å². The van der Waals surface area contributed by atoms with E-state index in [2.05, 4.69) is 19.1 Å². The second-order valence-corrected chi connectivity index (χ2v) is 5.08. The van der Waals surface area contributed by atoms with E-state index >= 15 is 0 Å². The summed E-state index contributed by atoms with van der Waals surface area (Å²) in [7, 11) is 1.70. The molecule has 0 unspecified atom stereocenters. The van der Waals surface area contributed by atoms with Gasteiger partial charge in [-0.15, -0.1) is 0 Å². The average Bonchev–Trinajstić information content (AvgIpc) is 2.54. The van der Waals surface area contributed by atoms with E-state index in [0.29, 0.717) is 0 Å². The fourth-order valence-corrected chi connectivity index (χ4v) is 2.79. The van der Waals surface area contributed by atoms with Gasteiger partial charge in [0.1, 0.15) is 5.75 Å². The van der Waals surface area contributed by atoms with Crippen LogP contribution in [-0.4, -0.2) is 18.4 Å². The summed E-state index contributed by atoms with van der Waals surface area (Å²) in [5.74, 6) is 1.71. The fraction of sp³-hybridized carbons (Fsp3) is 0.500. The first-order chi connectivity index (χ1) is 7.71. The molecule has 3 rings (SSSR count). The Bertz CT molecular complexity index is 435. The van der Waals surface area contributed by atoms with Crippen LogP contribution in [0.5, 0.6) is 5.75 Å². The normalized spacial score (nSPS) is 31.6. The number of hydrogen-bond donors (Lipinski definition) is 0. The van der Waals surface area contributed by atoms with Gasteiger partial charge in [0.25, 0.3) is 0 Å². The fourth-order valence-electron chi connectivity index (χ4n) is 2.79. The summed E-state index contributed by atoms with van der Waals surface area (Å²) in [4.78, 5) is 4.89. The second-order valence-electron chi connectivity index (χ2n) is 5.08. The molecule has 0 amide bonds. The third-order valence-electron chi connectivity index (χ3n) is 4.13. The van der Waals surface area contributed by atoms with E-state index in [-0.39, 0.29) is 5.54 Å². The van der Waals surface area contributed by atoms with E-state index in [1.807, 2.05) is 12.1 Å². The molecule has 0 N–H and O–H groups in total. The number of fused-ring (bicyclic) bond motifs is 1. The molecule has 0 saturated heterocycles. The Labute approximate surface area is 96.3 Å². The van der Waals surface area contributed by atoms with Crippen molar-refractivity contribution in [1.82, 2.24) is 0 Å². The molecule has 1 aliphatic carbocycles. The first kappa shape index (κ1) is 9.88. The zero-order valence-corrected chi connectivity index (χ0v) is 9.86. The molecule has 16 heavy (non-hydrogen) atoms. The van der Waals surface area contributed by atoms with Gasteiger partial charge in [-0.3, -0.25) is 4.99 Å². The van der Waals surface area contributed by atoms with Gasteiger partial charge in [0.2, 0.25) is 0 Å². The van der Waals surface area contributed by atoms with Gasteiger partial charge >= 0.3 is 0 Å². The first-order valence-electron chi connectivity index (χ1n) is 5.94. The summed E-state index contributed by atoms with van der Waals surface area (Å²) >= 11 is 0. The Morgan fingerprint density at radius 1 is 1.31 bits per heavy atom. The van der Waals surface area contributed by atoms with Crippen LogP contribution in [0.15, 0.2) is 29.3 Å². The van der Waals surface area contributed by atoms with Gasteiger partial charge in [-0.05, 0) is 61.9 Å². The van der Waals surface area contributed by atoms with Crippen molar-refractivity contribution in [1.29, 1.82) is 0 Å². The van der Waals surface area contributed by atoms with E-state index in [9.17, 15) is 0 Å². The standard InChI is InChI=1S/C14H17NO/c1-14-8-7-11(14)9-13(15-14)10-3-5-12(16-2)6-4-10/h3-6,11H,7-9H2,1-2H3/t11-,14-/m0/s1. The summed E-state index contributed by atoms with van der Waals surface area (Å²) in [6.45, 7) is 2.29. The second kappa shape index (κ2) is 3.34. The Morgan fingerprint density at radius 2 is 2.06 bits per heavy atom. The molecule has 2 heteroatoms. The minimum Gasteiger partial charge on any atom is -0.497 e. The molecule has 1 saturated carbocycles. The molecule has 2 atom stereocenters. The van der Waals surface area contributed by atoms with E-state index in [0.717, 1.165) is 18.1 Å². The molecule has 0 spiro atoms. The Morgan fingerprint density at radius 3 is 2.50 bits per heavy atom. The summed E-state index contributed by atoms with van der Waals surface area (Å²) in [5, 5.41) is 0. The van der Waals surface area contributed by atoms with Crippen LogP contribution in [0.4, 0.5) is 0 Å². The van der Waals surface area contributed by atoms with Crippen molar-refractivity contribution in [3.63, 3.8) is 0 Å². The van der Waals surface area contributed by atoms with Gasteiger partial charge in [-0.25, -0.2) is 0 Å². The van der Waals surface area contributed by atoms with E-state index < -0.39 is 0 Å². The van der Waals surface area contributed by atoms with Gasteiger partial charge in [-0.1, -0.05) is 0 Å². The number of ether oxygens (including phenoxy) is 1. The molecule has 1 aromatic rings. The maximum absolute atomic E-state index is 5.17. The van der Waals surface area contributed by atoms with Gasteiger partial charge in [0.05, 0.1) is 12.6 Å². The Hall–Kier alpha value is -1.31. The van der Waals surface area contributed by atoms with Crippen molar-refractivity contribution in [3.05, 3.63) is 29.8 Å². The Balaban J connectivity index is 1.88. The minimum atomic E-state index is 0.259. The van der Waals surface area contributed by atoms with Crippen molar-refractivity contribution in [2.45, 2.75) is 31.7 Å². The zero-order chi connectivity index (χ0) is 11.2. The van der Waals surface area contributed by atoms with Crippen LogP contribution in [0.3, 0.4) is 0 Å². The molecule has 1 fully saturated rings. The highest BCUT2D eigenvalue weighted by atomic mass is 16.5. The SMILES string of the molecule is COc1ccc(C2=N[C@@]3(C)CC[C@H]3C2)cc1. The van der Waals surface area contributed by atoms with Crippen LogP contribution >= 0.6 is 0 Å². The minimum absolute atomic E-state index is 0.259. The predicted molar refractivity (Wildman–Crippen MR) is 65.3 cm³/mol. The van der Waals surface area contributed by atoms with E-state index in [1.54, 1.807) is 7.11 Å². The molecule has 0 aromatic heterocycles. The molecule has 84 valence electrons. The average molecular weight is 215 g/mol. The number of hydrogen-bond acceptors (Lipinski definition) is 2. The summed E-state index contributed by atoms with van der Waals surface area (Å²) in [5.41, 5.74) is 2.80. The lowest BCUT2D eigenvalue weighted by Gasteiger charge is -2.39. The quantitative estimate of drug-likeness (QED) is 0.743. The maximum atomic E-state index is 5.17. The zero-order valence-electron chi connectivity index (χ0n) is 9.86. The highest BCUT2D eigenvalue weighted by molar-refractivity contribution is 6.02. The van der Waals surface area contributed by atoms with Crippen molar-refractivity contribution in [2.75, 3.05) is 7.11 Å². The van der Waals surface area contributed by atoms with Crippen LogP contribution in [-0.2, 0) is 0 Å². The van der Waals surface area contributed by atoms with Crippen molar-refractivity contribution in [3.8, 4) is 5.75 Å². The first-order valence-corrected chi connectivity index (χ1v) is 5.94. The van der Waals surface area contributed by atoms with Crippen LogP contribution in [0, 0.1) is 5.92 Å². The van der Waals surface area contributed by atoms with Crippen LogP contribution in [0.25, 0.3) is 0 Å². The molecule has 2 aliphatic rings. The lowest BCUT2D eigenvalue weighted by atomic mass is 9.68. The largest absolute Gasteiger partial charge is 0.497 e. The molecular formula is C14H17NO. The monoisotopic (exact) mass is 215 g/mol. The van der Waals surface area contributed by atoms with Crippen LogP contribution < -0.4 is 4.74 Å². The number of methoxy groups -OCH3 is 1. The summed E-state index contributed by atoms with van der Waals surface area (Å²) in [6.07, 6.45) is 3.76. The third-order valence-corrected chi connectivity index (χ3v) is 4.13. The molecule has 1 aliphatic heterocycles. The summed E-state index contributed by atoms with van der Waals surface area (Å²) in [6, 6.07) is 8.26. The molecule has 2 nitrogen and oxygen atoms in total. The molecule has 1 aromatic carbocycles. The highest BCUT2D eigenvalue weighted by Gasteiger charge is 2.47. The van der Waals surface area contributed by atoms with Crippen LogP contribution in [0.1, 0.15) is 31.7 Å². The van der Waals surface area contributed by atoms with Crippen molar-refractivity contribution >= 4 is 5.71 Å². The molecular weight excluding hydrogens is 198 g/mol. The predicted octanol–water partition coefficient (Wildman–Crippen LogP) is 3.06. The number of benzene rings is 1. The number of nitrogens with zero attached hydrogens (tertiary/aromatic N) is 1. The highest BCUT2D eigenvalue weighted by Crippen LogP contribution is 2.48. The van der Waals surface area contributed by atoms with E-state index in [1.165, 1.54) is 24.1 Å². The van der Waals surface area contributed by atoms with Gasteiger partial charge in [-0.2, -0.15) is 0 Å². The molecule has 1 heterocycles. The lowest BCUT2D eigenvalue weighted by Crippen LogP contribution is -2.38. The number of aliphatic imine (C=N–C) groups is 1. The van der Waals surface area contributed by atoms with E-state index in [4.69, 9.17) is 9.73 Å². The maximum Gasteiger partial charge on any atom is 0.118 e. The molecule has 0 bridgehead atoms. The lowest BCUT2D eigenvalue weighted by molar-refractivity contribution is 0.176. The van der Waals surface area contributed by atoms with Gasteiger partial charge in [0.15, 0.2) is 0 Å².